The Bertz CT molecular complexity index is 936. The Morgan fingerprint density at radius 3 is 2.57 bits per heavy atom. The fourth-order valence-electron chi connectivity index (χ4n) is 2.48. The Hall–Kier alpha value is -2.94. The summed E-state index contributed by atoms with van der Waals surface area (Å²) in [4.78, 5) is 9.15. The molecule has 0 saturated heterocycles. The molecule has 0 unspecified atom stereocenters. The number of aromatic nitrogens is 3. The monoisotopic (exact) mass is 271 g/mol. The Morgan fingerprint density at radius 1 is 0.857 bits per heavy atom. The fraction of sp³-hybridized carbons (Fsp3) is 0. The van der Waals surface area contributed by atoms with Gasteiger partial charge in [0.25, 0.3) is 0 Å². The van der Waals surface area contributed by atoms with Crippen LogP contribution in [0.1, 0.15) is 11.3 Å². The average Bonchev–Trinajstić information content (AvgIpc) is 3.04. The van der Waals surface area contributed by atoms with Crippen molar-refractivity contribution in [3.05, 3.63) is 78.2 Å². The van der Waals surface area contributed by atoms with Gasteiger partial charge >= 0.3 is 0 Å². The molecule has 0 amide bonds. The molecular formula is C18H13N3. The van der Waals surface area contributed by atoms with E-state index in [4.69, 9.17) is 4.98 Å². The SMILES string of the molecule is C(=Cc1nc2ccccc2n2ccnc12)c1ccccc1. The van der Waals surface area contributed by atoms with Gasteiger partial charge in [0.15, 0.2) is 5.65 Å². The molecule has 0 radical (unpaired) electrons. The van der Waals surface area contributed by atoms with Gasteiger partial charge in [-0.05, 0) is 23.8 Å². The summed E-state index contributed by atoms with van der Waals surface area (Å²) in [6, 6.07) is 18.3. The molecule has 2 heterocycles. The summed E-state index contributed by atoms with van der Waals surface area (Å²) in [7, 11) is 0. The third-order valence-electron chi connectivity index (χ3n) is 3.49. The summed E-state index contributed by atoms with van der Waals surface area (Å²) >= 11 is 0. The number of imidazole rings is 1. The molecule has 100 valence electrons. The van der Waals surface area contributed by atoms with E-state index in [0.29, 0.717) is 0 Å². The Morgan fingerprint density at radius 2 is 1.67 bits per heavy atom. The predicted molar refractivity (Wildman–Crippen MR) is 85.9 cm³/mol. The number of nitrogens with zero attached hydrogens (tertiary/aromatic N) is 3. The largest absolute Gasteiger partial charge is 0.296 e. The van der Waals surface area contributed by atoms with Crippen molar-refractivity contribution in [2.45, 2.75) is 0 Å². The molecule has 4 rings (SSSR count). The number of para-hydroxylation sites is 2. The van der Waals surface area contributed by atoms with Crippen LogP contribution in [0.25, 0.3) is 28.8 Å². The number of fused-ring (bicyclic) bond motifs is 3. The summed E-state index contributed by atoms with van der Waals surface area (Å²) in [6.45, 7) is 0. The van der Waals surface area contributed by atoms with Gasteiger partial charge in [0, 0.05) is 12.4 Å². The first-order valence-electron chi connectivity index (χ1n) is 6.87. The standard InChI is InChI=1S/C18H13N3/c1-2-6-14(7-3-1)10-11-16-18-19-12-13-21(18)17-9-5-4-8-15(17)20-16/h1-13H. The van der Waals surface area contributed by atoms with Gasteiger partial charge in [0.1, 0.15) is 5.69 Å². The van der Waals surface area contributed by atoms with Crippen LogP contribution in [0.15, 0.2) is 67.0 Å². The molecular weight excluding hydrogens is 258 g/mol. The fourth-order valence-corrected chi connectivity index (χ4v) is 2.48. The van der Waals surface area contributed by atoms with E-state index in [-0.39, 0.29) is 0 Å². The summed E-state index contributed by atoms with van der Waals surface area (Å²) in [6.07, 6.45) is 7.86. The van der Waals surface area contributed by atoms with E-state index in [0.717, 1.165) is 27.9 Å². The lowest BCUT2D eigenvalue weighted by Gasteiger charge is -2.04. The normalized spacial score (nSPS) is 11.6. The molecule has 0 atom stereocenters. The van der Waals surface area contributed by atoms with E-state index < -0.39 is 0 Å². The molecule has 0 N–H and O–H groups in total. The molecule has 21 heavy (non-hydrogen) atoms. The van der Waals surface area contributed by atoms with Gasteiger partial charge in [-0.2, -0.15) is 0 Å². The number of rotatable bonds is 2. The van der Waals surface area contributed by atoms with Crippen molar-refractivity contribution >= 4 is 28.8 Å². The topological polar surface area (TPSA) is 30.2 Å². The van der Waals surface area contributed by atoms with E-state index in [1.807, 2.05) is 54.9 Å². The van der Waals surface area contributed by atoms with E-state index >= 15 is 0 Å². The Labute approximate surface area is 122 Å². The summed E-state index contributed by atoms with van der Waals surface area (Å²) in [5.74, 6) is 0. The lowest BCUT2D eigenvalue weighted by atomic mass is 10.2. The molecule has 2 aromatic heterocycles. The summed E-state index contributed by atoms with van der Waals surface area (Å²) in [5.41, 5.74) is 4.94. The lowest BCUT2D eigenvalue weighted by molar-refractivity contribution is 1.20. The molecule has 0 aliphatic heterocycles. The van der Waals surface area contributed by atoms with Crippen molar-refractivity contribution in [1.29, 1.82) is 0 Å². The van der Waals surface area contributed by atoms with Crippen LogP contribution in [0.2, 0.25) is 0 Å². The van der Waals surface area contributed by atoms with Crippen molar-refractivity contribution in [3.63, 3.8) is 0 Å². The second-order valence-corrected chi connectivity index (χ2v) is 4.85. The highest BCUT2D eigenvalue weighted by atomic mass is 15.0. The first-order valence-corrected chi connectivity index (χ1v) is 6.87. The first-order chi connectivity index (χ1) is 10.4. The zero-order valence-corrected chi connectivity index (χ0v) is 11.3. The van der Waals surface area contributed by atoms with Gasteiger partial charge in [0.2, 0.25) is 0 Å². The zero-order chi connectivity index (χ0) is 14.1. The van der Waals surface area contributed by atoms with Gasteiger partial charge in [-0.25, -0.2) is 9.97 Å². The maximum atomic E-state index is 4.72. The minimum Gasteiger partial charge on any atom is -0.296 e. The number of hydrogen-bond donors (Lipinski definition) is 0. The minimum atomic E-state index is 0.876. The van der Waals surface area contributed by atoms with Crippen LogP contribution < -0.4 is 0 Å². The van der Waals surface area contributed by atoms with Crippen molar-refractivity contribution in [1.82, 2.24) is 14.4 Å². The highest BCUT2D eigenvalue weighted by Gasteiger charge is 2.06. The van der Waals surface area contributed by atoms with Crippen LogP contribution in [0, 0.1) is 0 Å². The zero-order valence-electron chi connectivity index (χ0n) is 11.3. The van der Waals surface area contributed by atoms with Gasteiger partial charge < -0.3 is 0 Å². The number of hydrogen-bond acceptors (Lipinski definition) is 2. The predicted octanol–water partition coefficient (Wildman–Crippen LogP) is 4.05. The molecule has 0 aliphatic rings. The van der Waals surface area contributed by atoms with Crippen LogP contribution in [0.3, 0.4) is 0 Å². The van der Waals surface area contributed by atoms with Crippen LogP contribution in [-0.2, 0) is 0 Å². The van der Waals surface area contributed by atoms with Crippen LogP contribution in [-0.4, -0.2) is 14.4 Å². The Balaban J connectivity index is 1.91. The van der Waals surface area contributed by atoms with Crippen molar-refractivity contribution < 1.29 is 0 Å². The second kappa shape index (κ2) is 4.87. The van der Waals surface area contributed by atoms with Crippen LogP contribution in [0.5, 0.6) is 0 Å². The van der Waals surface area contributed by atoms with E-state index in [1.165, 1.54) is 0 Å². The molecule has 4 aromatic rings. The molecule has 0 saturated carbocycles. The molecule has 0 fully saturated rings. The van der Waals surface area contributed by atoms with Gasteiger partial charge in [0.05, 0.1) is 11.0 Å². The Kier molecular flexibility index (Phi) is 2.75. The molecule has 0 aliphatic carbocycles. The van der Waals surface area contributed by atoms with E-state index in [1.54, 1.807) is 0 Å². The maximum Gasteiger partial charge on any atom is 0.163 e. The average molecular weight is 271 g/mol. The highest BCUT2D eigenvalue weighted by Crippen LogP contribution is 2.18. The second-order valence-electron chi connectivity index (χ2n) is 4.85. The molecule has 3 nitrogen and oxygen atoms in total. The van der Waals surface area contributed by atoms with Gasteiger partial charge in [-0.15, -0.1) is 0 Å². The van der Waals surface area contributed by atoms with Gasteiger partial charge in [-0.3, -0.25) is 4.40 Å². The van der Waals surface area contributed by atoms with Crippen molar-refractivity contribution in [3.8, 4) is 0 Å². The lowest BCUT2D eigenvalue weighted by Crippen LogP contribution is -1.94. The third-order valence-corrected chi connectivity index (χ3v) is 3.49. The van der Waals surface area contributed by atoms with Crippen LogP contribution >= 0.6 is 0 Å². The molecule has 3 heteroatoms. The van der Waals surface area contributed by atoms with E-state index in [9.17, 15) is 0 Å². The van der Waals surface area contributed by atoms with Crippen molar-refractivity contribution in [2.24, 2.45) is 0 Å². The maximum absolute atomic E-state index is 4.72. The quantitative estimate of drug-likeness (QED) is 0.550. The van der Waals surface area contributed by atoms with Crippen molar-refractivity contribution in [2.75, 3.05) is 0 Å². The van der Waals surface area contributed by atoms with Crippen LogP contribution in [0.4, 0.5) is 0 Å². The van der Waals surface area contributed by atoms with Gasteiger partial charge in [-0.1, -0.05) is 48.5 Å². The summed E-state index contributed by atoms with van der Waals surface area (Å²) < 4.78 is 2.08. The minimum absolute atomic E-state index is 0.876. The number of benzene rings is 2. The summed E-state index contributed by atoms with van der Waals surface area (Å²) in [5, 5.41) is 0. The molecule has 0 spiro atoms. The smallest absolute Gasteiger partial charge is 0.163 e. The highest BCUT2D eigenvalue weighted by molar-refractivity contribution is 5.83. The first kappa shape index (κ1) is 11.9. The third kappa shape index (κ3) is 2.09. The van der Waals surface area contributed by atoms with E-state index in [2.05, 4.69) is 33.7 Å². The molecule has 0 bridgehead atoms. The molecule has 2 aromatic carbocycles.